The quantitative estimate of drug-likeness (QED) is 0.250. The molecule has 0 spiro atoms. The van der Waals surface area contributed by atoms with Crippen molar-refractivity contribution in [3.8, 4) is 11.1 Å². The van der Waals surface area contributed by atoms with Crippen LogP contribution in [0.1, 0.15) is 17.4 Å². The second-order valence-electron chi connectivity index (χ2n) is 7.61. The van der Waals surface area contributed by atoms with E-state index in [0.29, 0.717) is 5.03 Å². The lowest BCUT2D eigenvalue weighted by atomic mass is 10.1. The Morgan fingerprint density at radius 2 is 1.91 bits per heavy atom. The smallest absolute Gasteiger partial charge is 0.231 e. The molecular weight excluding hydrogens is 469 g/mol. The van der Waals surface area contributed by atoms with Crippen LogP contribution in [-0.2, 0) is 11.8 Å². The molecule has 0 saturated carbocycles. The molecule has 0 bridgehead atoms. The number of thiophene rings is 1. The fourth-order valence-corrected chi connectivity index (χ4v) is 5.54. The predicted molar refractivity (Wildman–Crippen MR) is 133 cm³/mol. The standard InChI is InChI=1S/C25H20FN5OS2/c1-31-12-11-27-23(31)22(17-5-3-2-4-6-17)30-20(32)14-34-25-21-19(13-33-24(21)28-15-29-25)16-7-9-18(26)10-8-16/h2-13,15,22H,14H2,1H3,(H,30,32). The number of halogens is 1. The Labute approximate surface area is 203 Å². The van der Waals surface area contributed by atoms with E-state index in [-0.39, 0.29) is 23.5 Å². The number of carbonyl (C=O) groups excluding carboxylic acids is 1. The highest BCUT2D eigenvalue weighted by molar-refractivity contribution is 8.00. The number of imidazole rings is 1. The van der Waals surface area contributed by atoms with Crippen LogP contribution in [-0.4, -0.2) is 31.2 Å². The van der Waals surface area contributed by atoms with E-state index in [1.54, 1.807) is 18.3 Å². The number of hydrogen-bond acceptors (Lipinski definition) is 6. The van der Waals surface area contributed by atoms with Gasteiger partial charge in [0, 0.05) is 30.4 Å². The van der Waals surface area contributed by atoms with Gasteiger partial charge < -0.3 is 9.88 Å². The zero-order valence-electron chi connectivity index (χ0n) is 18.2. The molecule has 1 unspecified atom stereocenters. The number of hydrogen-bond donors (Lipinski definition) is 1. The van der Waals surface area contributed by atoms with E-state index in [9.17, 15) is 9.18 Å². The zero-order chi connectivity index (χ0) is 23.5. The summed E-state index contributed by atoms with van der Waals surface area (Å²) in [7, 11) is 1.91. The second kappa shape index (κ2) is 9.74. The lowest BCUT2D eigenvalue weighted by Gasteiger charge is -2.19. The first kappa shape index (κ1) is 22.2. The lowest BCUT2D eigenvalue weighted by molar-refractivity contribution is -0.119. The van der Waals surface area contributed by atoms with Crippen molar-refractivity contribution in [1.29, 1.82) is 0 Å². The third-order valence-electron chi connectivity index (χ3n) is 5.39. The van der Waals surface area contributed by atoms with Crippen LogP contribution < -0.4 is 5.32 Å². The number of thioether (sulfide) groups is 1. The topological polar surface area (TPSA) is 72.7 Å². The summed E-state index contributed by atoms with van der Waals surface area (Å²) in [5.41, 5.74) is 2.77. The first-order valence-electron chi connectivity index (χ1n) is 10.5. The summed E-state index contributed by atoms with van der Waals surface area (Å²) >= 11 is 2.85. The molecule has 9 heteroatoms. The Bertz CT molecular complexity index is 1430. The molecule has 6 nitrogen and oxygen atoms in total. The van der Waals surface area contributed by atoms with E-state index < -0.39 is 0 Å². The molecule has 0 aliphatic carbocycles. The number of nitrogens with one attached hydrogen (secondary N) is 1. The molecule has 3 aromatic heterocycles. The molecule has 1 N–H and O–H groups in total. The van der Waals surface area contributed by atoms with Gasteiger partial charge in [-0.15, -0.1) is 11.3 Å². The summed E-state index contributed by atoms with van der Waals surface area (Å²) in [6.45, 7) is 0. The minimum absolute atomic E-state index is 0.132. The maximum atomic E-state index is 13.4. The molecule has 170 valence electrons. The highest BCUT2D eigenvalue weighted by Gasteiger charge is 2.21. The highest BCUT2D eigenvalue weighted by atomic mass is 32.2. The van der Waals surface area contributed by atoms with Gasteiger partial charge in [-0.05, 0) is 23.3 Å². The fourth-order valence-electron chi connectivity index (χ4n) is 3.73. The Balaban J connectivity index is 1.38. The van der Waals surface area contributed by atoms with Crippen molar-refractivity contribution in [2.45, 2.75) is 11.1 Å². The van der Waals surface area contributed by atoms with Crippen LogP contribution in [0, 0.1) is 5.82 Å². The molecule has 1 amide bonds. The Morgan fingerprint density at radius 3 is 2.65 bits per heavy atom. The molecule has 5 rings (SSSR count). The monoisotopic (exact) mass is 489 g/mol. The Morgan fingerprint density at radius 1 is 1.12 bits per heavy atom. The Kier molecular flexibility index (Phi) is 6.37. The van der Waals surface area contributed by atoms with Gasteiger partial charge in [0.2, 0.25) is 5.91 Å². The molecule has 0 fully saturated rings. The van der Waals surface area contributed by atoms with Crippen LogP contribution in [0.25, 0.3) is 21.3 Å². The Hall–Kier alpha value is -3.56. The fraction of sp³-hybridized carbons (Fsp3) is 0.120. The normalized spacial score (nSPS) is 12.1. The van der Waals surface area contributed by atoms with Crippen LogP contribution in [0.4, 0.5) is 4.39 Å². The van der Waals surface area contributed by atoms with Gasteiger partial charge in [0.15, 0.2) is 0 Å². The SMILES string of the molecule is Cn1ccnc1C(NC(=O)CSc1ncnc2scc(-c3ccc(F)cc3)c12)c1ccccc1. The molecule has 0 aliphatic rings. The van der Waals surface area contributed by atoms with Gasteiger partial charge >= 0.3 is 0 Å². The van der Waals surface area contributed by atoms with Crippen LogP contribution >= 0.6 is 23.1 Å². The van der Waals surface area contributed by atoms with Crippen molar-refractivity contribution >= 4 is 39.2 Å². The van der Waals surface area contributed by atoms with Crippen molar-refractivity contribution in [2.24, 2.45) is 7.05 Å². The van der Waals surface area contributed by atoms with Crippen molar-refractivity contribution in [1.82, 2.24) is 24.8 Å². The first-order chi connectivity index (χ1) is 16.6. The highest BCUT2D eigenvalue weighted by Crippen LogP contribution is 2.37. The molecular formula is C25H20FN5OS2. The van der Waals surface area contributed by atoms with Crippen molar-refractivity contribution in [3.05, 3.63) is 95.9 Å². The van der Waals surface area contributed by atoms with Gasteiger partial charge in [-0.3, -0.25) is 4.79 Å². The van der Waals surface area contributed by atoms with E-state index in [2.05, 4.69) is 20.3 Å². The molecule has 3 heterocycles. The van der Waals surface area contributed by atoms with Gasteiger partial charge in [-0.25, -0.2) is 19.3 Å². The minimum Gasteiger partial charge on any atom is -0.341 e. The number of rotatable bonds is 7. The molecule has 0 radical (unpaired) electrons. The maximum Gasteiger partial charge on any atom is 0.231 e. The summed E-state index contributed by atoms with van der Waals surface area (Å²) in [6.07, 6.45) is 5.09. The van der Waals surface area contributed by atoms with Crippen LogP contribution in [0.3, 0.4) is 0 Å². The van der Waals surface area contributed by atoms with Gasteiger partial charge in [-0.1, -0.05) is 54.2 Å². The summed E-state index contributed by atoms with van der Waals surface area (Å²) in [5.74, 6) is 0.516. The zero-order valence-corrected chi connectivity index (χ0v) is 19.8. The number of aryl methyl sites for hydroxylation is 1. The number of benzene rings is 2. The van der Waals surface area contributed by atoms with Crippen molar-refractivity contribution < 1.29 is 9.18 Å². The number of aromatic nitrogens is 4. The number of fused-ring (bicyclic) bond motifs is 1. The van der Waals surface area contributed by atoms with E-state index in [0.717, 1.165) is 32.7 Å². The molecule has 34 heavy (non-hydrogen) atoms. The van der Waals surface area contributed by atoms with Crippen LogP contribution in [0.5, 0.6) is 0 Å². The molecule has 0 aliphatic heterocycles. The van der Waals surface area contributed by atoms with Gasteiger partial charge in [-0.2, -0.15) is 0 Å². The van der Waals surface area contributed by atoms with Crippen LogP contribution in [0.2, 0.25) is 0 Å². The van der Waals surface area contributed by atoms with Crippen molar-refractivity contribution in [2.75, 3.05) is 5.75 Å². The van der Waals surface area contributed by atoms with E-state index in [1.807, 2.05) is 53.5 Å². The number of amides is 1. The van der Waals surface area contributed by atoms with E-state index >= 15 is 0 Å². The van der Waals surface area contributed by atoms with Gasteiger partial charge in [0.1, 0.15) is 33.9 Å². The molecule has 0 saturated heterocycles. The van der Waals surface area contributed by atoms with Crippen molar-refractivity contribution in [3.63, 3.8) is 0 Å². The first-order valence-corrected chi connectivity index (χ1v) is 12.4. The predicted octanol–water partition coefficient (Wildman–Crippen LogP) is 5.23. The maximum absolute atomic E-state index is 13.4. The summed E-state index contributed by atoms with van der Waals surface area (Å²) in [5, 5.41) is 6.70. The molecule has 2 aromatic carbocycles. The second-order valence-corrected chi connectivity index (χ2v) is 9.43. The van der Waals surface area contributed by atoms with Crippen LogP contribution in [0.15, 0.2) is 83.7 Å². The lowest BCUT2D eigenvalue weighted by Crippen LogP contribution is -2.32. The average molecular weight is 490 g/mol. The number of nitrogens with zero attached hydrogens (tertiary/aromatic N) is 4. The largest absolute Gasteiger partial charge is 0.341 e. The summed E-state index contributed by atoms with van der Waals surface area (Å²) < 4.78 is 15.3. The average Bonchev–Trinajstić information content (AvgIpc) is 3.49. The van der Waals surface area contributed by atoms with Gasteiger partial charge in [0.05, 0.1) is 11.1 Å². The summed E-state index contributed by atoms with van der Waals surface area (Å²) in [6, 6.07) is 15.8. The number of carbonyl (C=O) groups is 1. The summed E-state index contributed by atoms with van der Waals surface area (Å²) in [4.78, 5) is 27.1. The third-order valence-corrected chi connectivity index (χ3v) is 7.26. The van der Waals surface area contributed by atoms with Gasteiger partial charge in [0.25, 0.3) is 0 Å². The molecule has 1 atom stereocenters. The van der Waals surface area contributed by atoms with E-state index in [1.165, 1.54) is 41.6 Å². The van der Waals surface area contributed by atoms with E-state index in [4.69, 9.17) is 0 Å². The minimum atomic E-state index is -0.365. The third kappa shape index (κ3) is 4.57. The molecule has 5 aromatic rings.